The Hall–Kier alpha value is -2.26. The van der Waals surface area contributed by atoms with Crippen molar-refractivity contribution in [3.63, 3.8) is 0 Å². The Balaban J connectivity index is 1.77. The summed E-state index contributed by atoms with van der Waals surface area (Å²) in [6.07, 6.45) is -2.49. The summed E-state index contributed by atoms with van der Waals surface area (Å²) in [6, 6.07) is 7.40. The molecule has 4 rings (SSSR count). The molecule has 3 aromatic rings. The molecule has 30 heavy (non-hydrogen) atoms. The molecule has 0 bridgehead atoms. The fraction of sp³-hybridized carbons (Fsp3) is 0.381. The molecule has 1 aliphatic heterocycles. The first-order valence-electron chi connectivity index (χ1n) is 9.57. The van der Waals surface area contributed by atoms with Crippen molar-refractivity contribution >= 4 is 28.5 Å². The van der Waals surface area contributed by atoms with E-state index in [4.69, 9.17) is 0 Å². The summed E-state index contributed by atoms with van der Waals surface area (Å²) in [5.41, 5.74) is 0.940. The SMILES string of the molecule is CSN1CCN(c2ccc3c(-c4cc(C(F)(F)F)cc(C)c4F)nn(C)c3c2)CC1. The number of halogens is 4. The number of piperazine rings is 1. The van der Waals surface area contributed by atoms with Crippen LogP contribution in [0.3, 0.4) is 0 Å². The van der Waals surface area contributed by atoms with E-state index in [1.165, 1.54) is 6.92 Å². The van der Waals surface area contributed by atoms with E-state index < -0.39 is 17.6 Å². The highest BCUT2D eigenvalue weighted by Crippen LogP contribution is 2.37. The van der Waals surface area contributed by atoms with Crippen LogP contribution in [0.1, 0.15) is 11.1 Å². The second kappa shape index (κ2) is 7.77. The summed E-state index contributed by atoms with van der Waals surface area (Å²) in [5.74, 6) is -0.680. The standard InChI is InChI=1S/C21H22F4N4S/c1-13-10-14(21(23,24)25)11-17(19(13)22)20-16-5-4-15(12-18(16)27(2)26-20)28-6-8-29(30-3)9-7-28/h4-5,10-12H,6-9H2,1-3H3. The van der Waals surface area contributed by atoms with Crippen LogP contribution in [0.2, 0.25) is 0 Å². The van der Waals surface area contributed by atoms with E-state index in [-0.39, 0.29) is 16.8 Å². The molecule has 1 aliphatic rings. The lowest BCUT2D eigenvalue weighted by molar-refractivity contribution is -0.137. The zero-order valence-corrected chi connectivity index (χ0v) is 17.7. The number of hydrogen-bond donors (Lipinski definition) is 0. The molecule has 0 unspecified atom stereocenters. The molecule has 0 radical (unpaired) electrons. The predicted molar refractivity (Wildman–Crippen MR) is 113 cm³/mol. The van der Waals surface area contributed by atoms with Crippen molar-refractivity contribution in [3.8, 4) is 11.3 Å². The van der Waals surface area contributed by atoms with Gasteiger partial charge in [0.15, 0.2) is 0 Å². The number of alkyl halides is 3. The minimum absolute atomic E-state index is 0.0538. The summed E-state index contributed by atoms with van der Waals surface area (Å²) >= 11 is 1.73. The number of hydrogen-bond acceptors (Lipinski definition) is 4. The van der Waals surface area contributed by atoms with Crippen molar-refractivity contribution in [2.45, 2.75) is 13.1 Å². The minimum Gasteiger partial charge on any atom is -0.369 e. The third kappa shape index (κ3) is 3.76. The highest BCUT2D eigenvalue weighted by molar-refractivity contribution is 7.96. The maximum Gasteiger partial charge on any atom is 0.416 e. The fourth-order valence-corrected chi connectivity index (χ4v) is 4.40. The first kappa shape index (κ1) is 21.0. The molecule has 1 saturated heterocycles. The highest BCUT2D eigenvalue weighted by atomic mass is 32.2. The number of aryl methyl sites for hydroxylation is 2. The monoisotopic (exact) mass is 438 g/mol. The van der Waals surface area contributed by atoms with Crippen molar-refractivity contribution in [1.29, 1.82) is 0 Å². The second-order valence-corrected chi connectivity index (χ2v) is 8.31. The Morgan fingerprint density at radius 1 is 1.03 bits per heavy atom. The zero-order chi connectivity index (χ0) is 21.6. The largest absolute Gasteiger partial charge is 0.416 e. The summed E-state index contributed by atoms with van der Waals surface area (Å²) in [6.45, 7) is 5.01. The Morgan fingerprint density at radius 2 is 1.73 bits per heavy atom. The Bertz CT molecular complexity index is 1080. The number of fused-ring (bicyclic) bond motifs is 1. The quantitative estimate of drug-likeness (QED) is 0.419. The van der Waals surface area contributed by atoms with Crippen LogP contribution >= 0.6 is 11.9 Å². The summed E-state index contributed by atoms with van der Waals surface area (Å²) in [7, 11) is 1.72. The summed E-state index contributed by atoms with van der Waals surface area (Å²) in [5, 5.41) is 5.00. The number of nitrogens with zero attached hydrogens (tertiary/aromatic N) is 4. The van der Waals surface area contributed by atoms with Crippen molar-refractivity contribution in [2.75, 3.05) is 37.3 Å². The summed E-state index contributed by atoms with van der Waals surface area (Å²) < 4.78 is 58.5. The van der Waals surface area contributed by atoms with Gasteiger partial charge in [-0.15, -0.1) is 0 Å². The summed E-state index contributed by atoms with van der Waals surface area (Å²) in [4.78, 5) is 2.27. The van der Waals surface area contributed by atoms with Gasteiger partial charge in [0, 0.05) is 49.9 Å². The molecule has 1 fully saturated rings. The van der Waals surface area contributed by atoms with Gasteiger partial charge in [0.05, 0.1) is 11.1 Å². The van der Waals surface area contributed by atoms with Crippen LogP contribution in [-0.4, -0.2) is 46.5 Å². The average Bonchev–Trinajstić information content (AvgIpc) is 3.05. The van der Waals surface area contributed by atoms with E-state index in [2.05, 4.69) is 20.6 Å². The van der Waals surface area contributed by atoms with E-state index in [9.17, 15) is 17.6 Å². The third-order valence-electron chi connectivity index (χ3n) is 5.53. The van der Waals surface area contributed by atoms with E-state index in [0.717, 1.165) is 49.5 Å². The van der Waals surface area contributed by atoms with Gasteiger partial charge in [-0.05, 0) is 49.1 Å². The van der Waals surface area contributed by atoms with E-state index in [0.29, 0.717) is 5.39 Å². The van der Waals surface area contributed by atoms with Gasteiger partial charge >= 0.3 is 6.18 Å². The number of rotatable bonds is 3. The maximum atomic E-state index is 14.8. The van der Waals surface area contributed by atoms with Crippen molar-refractivity contribution in [2.24, 2.45) is 7.05 Å². The molecular weight excluding hydrogens is 416 g/mol. The van der Waals surface area contributed by atoms with Gasteiger partial charge in [0.2, 0.25) is 0 Å². The Kier molecular flexibility index (Phi) is 5.44. The normalized spacial score (nSPS) is 15.9. The van der Waals surface area contributed by atoms with Gasteiger partial charge in [-0.2, -0.15) is 18.3 Å². The predicted octanol–water partition coefficient (Wildman–Crippen LogP) is 5.11. The topological polar surface area (TPSA) is 24.3 Å². The van der Waals surface area contributed by atoms with Crippen LogP contribution in [0, 0.1) is 12.7 Å². The molecule has 1 aromatic heterocycles. The number of aromatic nitrogens is 2. The zero-order valence-electron chi connectivity index (χ0n) is 16.9. The highest BCUT2D eigenvalue weighted by Gasteiger charge is 2.32. The molecule has 4 nitrogen and oxygen atoms in total. The second-order valence-electron chi connectivity index (χ2n) is 7.42. The third-order valence-corrected chi connectivity index (χ3v) is 6.42. The van der Waals surface area contributed by atoms with Crippen LogP contribution < -0.4 is 4.90 Å². The first-order chi connectivity index (χ1) is 14.2. The van der Waals surface area contributed by atoms with Gasteiger partial charge in [0.25, 0.3) is 0 Å². The van der Waals surface area contributed by atoms with Crippen LogP contribution in [0.5, 0.6) is 0 Å². The molecule has 0 amide bonds. The Labute approximate surface area is 176 Å². The van der Waals surface area contributed by atoms with Gasteiger partial charge in [-0.3, -0.25) is 4.68 Å². The smallest absolute Gasteiger partial charge is 0.369 e. The molecule has 2 heterocycles. The van der Waals surface area contributed by atoms with Crippen LogP contribution in [0.25, 0.3) is 22.2 Å². The minimum atomic E-state index is -4.55. The molecule has 0 N–H and O–H groups in total. The van der Waals surface area contributed by atoms with Gasteiger partial charge in [-0.1, -0.05) is 11.9 Å². The molecule has 0 spiro atoms. The number of benzene rings is 2. The average molecular weight is 438 g/mol. The molecule has 9 heteroatoms. The first-order valence-corrected chi connectivity index (χ1v) is 10.8. The van der Waals surface area contributed by atoms with E-state index >= 15 is 0 Å². The lowest BCUT2D eigenvalue weighted by Crippen LogP contribution is -2.43. The van der Waals surface area contributed by atoms with Crippen LogP contribution in [0.4, 0.5) is 23.2 Å². The van der Waals surface area contributed by atoms with E-state index in [1.54, 1.807) is 23.7 Å². The molecular formula is C21H22F4N4S. The molecule has 160 valence electrons. The Morgan fingerprint density at radius 3 is 2.37 bits per heavy atom. The lowest BCUT2D eigenvalue weighted by atomic mass is 10.0. The van der Waals surface area contributed by atoms with Gasteiger partial charge in [-0.25, -0.2) is 8.70 Å². The fourth-order valence-electron chi connectivity index (χ4n) is 3.88. The number of anilines is 1. The van der Waals surface area contributed by atoms with Crippen molar-refractivity contribution in [3.05, 3.63) is 47.3 Å². The van der Waals surface area contributed by atoms with Gasteiger partial charge in [0.1, 0.15) is 11.5 Å². The van der Waals surface area contributed by atoms with Crippen molar-refractivity contribution < 1.29 is 17.6 Å². The molecule has 0 saturated carbocycles. The molecule has 2 aromatic carbocycles. The molecule has 0 aliphatic carbocycles. The maximum absolute atomic E-state index is 14.8. The lowest BCUT2D eigenvalue weighted by Gasteiger charge is -2.34. The molecule has 0 atom stereocenters. The van der Waals surface area contributed by atoms with Crippen molar-refractivity contribution in [1.82, 2.24) is 14.1 Å². The van der Waals surface area contributed by atoms with Crippen LogP contribution in [0.15, 0.2) is 30.3 Å². The van der Waals surface area contributed by atoms with E-state index in [1.807, 2.05) is 18.2 Å². The van der Waals surface area contributed by atoms with Gasteiger partial charge < -0.3 is 4.90 Å². The van der Waals surface area contributed by atoms with Crippen LogP contribution in [-0.2, 0) is 13.2 Å².